The number of nitrogens with one attached hydrogen (secondary N) is 1. The van der Waals surface area contributed by atoms with Gasteiger partial charge in [0.1, 0.15) is 0 Å². The first-order valence-electron chi connectivity index (χ1n) is 8.62. The van der Waals surface area contributed by atoms with Crippen molar-refractivity contribution in [2.75, 3.05) is 32.5 Å². The van der Waals surface area contributed by atoms with E-state index in [9.17, 15) is 0 Å². The lowest BCUT2D eigenvalue weighted by Crippen LogP contribution is -2.22. The highest BCUT2D eigenvalue weighted by Gasteiger charge is 2.21. The zero-order chi connectivity index (χ0) is 16.5. The minimum absolute atomic E-state index is 0. The molecule has 1 aliphatic rings. The molecule has 1 aliphatic carbocycles. The van der Waals surface area contributed by atoms with Crippen molar-refractivity contribution in [3.05, 3.63) is 59.7 Å². The molecule has 0 spiro atoms. The second kappa shape index (κ2) is 11.5. The van der Waals surface area contributed by atoms with Gasteiger partial charge in [-0.3, -0.25) is 0 Å². The van der Waals surface area contributed by atoms with Crippen LogP contribution in [0.4, 0.5) is 5.69 Å². The summed E-state index contributed by atoms with van der Waals surface area (Å²) in [5.41, 5.74) is 7.56. The molecule has 0 atom stereocenters. The van der Waals surface area contributed by atoms with Gasteiger partial charge in [0.25, 0.3) is 0 Å². The van der Waals surface area contributed by atoms with Gasteiger partial charge in [-0.25, -0.2) is 4.98 Å². The predicted octanol–water partition coefficient (Wildman–Crippen LogP) is 3.48. The van der Waals surface area contributed by atoms with Gasteiger partial charge < -0.3 is 21.2 Å². The fourth-order valence-electron chi connectivity index (χ4n) is 3.55. The summed E-state index contributed by atoms with van der Waals surface area (Å²) in [5, 5.41) is 4.93. The quantitative estimate of drug-likeness (QED) is 0.577. The lowest BCUT2D eigenvalue weighted by molar-refractivity contribution is 0.425. The zero-order valence-electron chi connectivity index (χ0n) is 16.2. The van der Waals surface area contributed by atoms with Gasteiger partial charge in [0.2, 0.25) is 0 Å². The molecule has 5 N–H and O–H groups in total. The summed E-state index contributed by atoms with van der Waals surface area (Å²) in [7, 11) is 4.22. The van der Waals surface area contributed by atoms with E-state index in [1.165, 1.54) is 27.8 Å². The van der Waals surface area contributed by atoms with Gasteiger partial charge >= 0.3 is 0 Å². The molecule has 0 saturated carbocycles. The normalized spacial score (nSPS) is 11.1. The highest BCUT2D eigenvalue weighted by molar-refractivity contribution is 8.93. The van der Waals surface area contributed by atoms with Crippen LogP contribution in [-0.4, -0.2) is 48.0 Å². The first-order chi connectivity index (χ1) is 11.7. The van der Waals surface area contributed by atoms with Crippen LogP contribution in [0.5, 0.6) is 0 Å². The van der Waals surface area contributed by atoms with Crippen molar-refractivity contribution in [3.8, 4) is 11.3 Å². The van der Waals surface area contributed by atoms with Gasteiger partial charge in [-0.2, -0.15) is 0 Å². The van der Waals surface area contributed by atoms with Crippen LogP contribution in [0.1, 0.15) is 11.1 Å². The van der Waals surface area contributed by atoms with Crippen molar-refractivity contribution >= 4 is 50.6 Å². The average Bonchev–Trinajstić information content (AvgIpc) is 2.61. The molecule has 5 nitrogen and oxygen atoms in total. The third-order valence-corrected chi connectivity index (χ3v) is 4.77. The van der Waals surface area contributed by atoms with Crippen molar-refractivity contribution in [3.63, 3.8) is 0 Å². The van der Waals surface area contributed by atoms with Gasteiger partial charge in [0.15, 0.2) is 0 Å². The number of nitrogens with zero attached hydrogens (tertiary/aromatic N) is 2. The molecule has 0 saturated heterocycles. The Morgan fingerprint density at radius 2 is 1.61 bits per heavy atom. The maximum Gasteiger partial charge on any atom is 0.0765 e. The zero-order valence-corrected chi connectivity index (χ0v) is 19.6. The van der Waals surface area contributed by atoms with Crippen LogP contribution in [0.2, 0.25) is 0 Å². The van der Waals surface area contributed by atoms with E-state index in [-0.39, 0.29) is 44.9 Å². The summed E-state index contributed by atoms with van der Waals surface area (Å²) >= 11 is 0. The molecule has 4 rings (SSSR count). The number of hydrogen-bond acceptors (Lipinski definition) is 3. The van der Waals surface area contributed by atoms with Crippen molar-refractivity contribution in [2.24, 2.45) is 0 Å². The van der Waals surface area contributed by atoms with E-state index in [0.29, 0.717) is 0 Å². The van der Waals surface area contributed by atoms with Crippen LogP contribution in [0.15, 0.2) is 48.5 Å². The van der Waals surface area contributed by atoms with E-state index >= 15 is 0 Å². The van der Waals surface area contributed by atoms with E-state index in [0.717, 1.165) is 37.1 Å². The molecular formula is C21H29Br2N3O2. The summed E-state index contributed by atoms with van der Waals surface area (Å²) < 4.78 is 0. The lowest BCUT2D eigenvalue weighted by Gasteiger charge is -2.24. The molecule has 0 amide bonds. The number of para-hydroxylation sites is 1. The Bertz CT molecular complexity index is 904. The Labute approximate surface area is 187 Å². The van der Waals surface area contributed by atoms with Gasteiger partial charge in [-0.05, 0) is 38.6 Å². The largest absolute Gasteiger partial charge is 0.412 e. The number of hydrogen-bond donors (Lipinski definition) is 1. The molecule has 0 bridgehead atoms. The third kappa shape index (κ3) is 5.10. The molecule has 1 heterocycles. The first-order valence-corrected chi connectivity index (χ1v) is 8.62. The number of benzene rings is 2. The molecule has 0 unspecified atom stereocenters. The molecule has 1 aromatic heterocycles. The van der Waals surface area contributed by atoms with Crippen LogP contribution in [0.25, 0.3) is 22.2 Å². The summed E-state index contributed by atoms with van der Waals surface area (Å²) in [5.74, 6) is 0. The van der Waals surface area contributed by atoms with Gasteiger partial charge in [0, 0.05) is 35.3 Å². The van der Waals surface area contributed by atoms with Crippen molar-refractivity contribution < 1.29 is 11.0 Å². The molecule has 3 aromatic rings. The predicted molar refractivity (Wildman–Crippen MR) is 130 cm³/mol. The smallest absolute Gasteiger partial charge is 0.0765 e. The summed E-state index contributed by atoms with van der Waals surface area (Å²) in [4.78, 5) is 7.22. The Morgan fingerprint density at radius 3 is 2.36 bits per heavy atom. The summed E-state index contributed by atoms with van der Waals surface area (Å²) in [6.07, 6.45) is 2.14. The van der Waals surface area contributed by atoms with Gasteiger partial charge in [-0.1, -0.05) is 42.5 Å². The first kappa shape index (κ1) is 26.5. The van der Waals surface area contributed by atoms with E-state index in [2.05, 4.69) is 72.8 Å². The fourth-order valence-corrected chi connectivity index (χ4v) is 3.55. The maximum absolute atomic E-state index is 5.01. The number of aryl methyl sites for hydroxylation is 1. The topological polar surface area (TPSA) is 91.2 Å². The number of rotatable bonds is 4. The minimum atomic E-state index is 0. The highest BCUT2D eigenvalue weighted by atomic mass is 79.9. The minimum Gasteiger partial charge on any atom is -0.412 e. The SMILES string of the molecule is Br.Br.CN(C)CCNc1c2c(nc3ccccc13)-c1ccccc1CC2.O.O. The highest BCUT2D eigenvalue weighted by Crippen LogP contribution is 2.39. The third-order valence-electron chi connectivity index (χ3n) is 4.77. The lowest BCUT2D eigenvalue weighted by atomic mass is 9.87. The summed E-state index contributed by atoms with van der Waals surface area (Å²) in [6.45, 7) is 1.96. The molecule has 2 aromatic carbocycles. The molecular weight excluding hydrogens is 486 g/mol. The number of halogens is 2. The molecule has 28 heavy (non-hydrogen) atoms. The molecule has 7 heteroatoms. The Hall–Kier alpha value is -1.51. The summed E-state index contributed by atoms with van der Waals surface area (Å²) in [6, 6.07) is 17.1. The Morgan fingerprint density at radius 1 is 0.929 bits per heavy atom. The molecule has 0 aliphatic heterocycles. The van der Waals surface area contributed by atoms with Gasteiger partial charge in [-0.15, -0.1) is 34.0 Å². The Kier molecular flexibility index (Phi) is 10.9. The van der Waals surface area contributed by atoms with Crippen LogP contribution in [-0.2, 0) is 12.8 Å². The standard InChI is InChI=1S/C21H23N3.2BrH.2H2O/c1-24(2)14-13-22-20-17-9-5-6-10-19(17)23-21-16-8-4-3-7-15(16)11-12-18(20)21;;;;/h3-10H,11-14H2,1-2H3,(H,22,23);2*1H;2*1H2. The average molecular weight is 515 g/mol. The van der Waals surface area contributed by atoms with E-state index in [1.807, 2.05) is 0 Å². The van der Waals surface area contributed by atoms with Crippen molar-refractivity contribution in [1.29, 1.82) is 0 Å². The van der Waals surface area contributed by atoms with Crippen LogP contribution in [0, 0.1) is 0 Å². The van der Waals surface area contributed by atoms with Crippen LogP contribution >= 0.6 is 34.0 Å². The van der Waals surface area contributed by atoms with E-state index in [4.69, 9.17) is 4.98 Å². The number of likely N-dealkylation sites (N-methyl/N-ethyl adjacent to an activating group) is 1. The molecule has 0 fully saturated rings. The van der Waals surface area contributed by atoms with Crippen LogP contribution < -0.4 is 5.32 Å². The monoisotopic (exact) mass is 513 g/mol. The van der Waals surface area contributed by atoms with Crippen molar-refractivity contribution in [2.45, 2.75) is 12.8 Å². The number of pyridine rings is 1. The number of aromatic nitrogens is 1. The van der Waals surface area contributed by atoms with Gasteiger partial charge in [0.05, 0.1) is 11.2 Å². The number of fused-ring (bicyclic) bond motifs is 4. The maximum atomic E-state index is 5.01. The van der Waals surface area contributed by atoms with Crippen LogP contribution in [0.3, 0.4) is 0 Å². The van der Waals surface area contributed by atoms with Crippen molar-refractivity contribution in [1.82, 2.24) is 9.88 Å². The Balaban J connectivity index is 0.00000182. The molecule has 154 valence electrons. The number of anilines is 1. The van der Waals surface area contributed by atoms with E-state index in [1.54, 1.807) is 0 Å². The van der Waals surface area contributed by atoms with E-state index < -0.39 is 0 Å². The molecule has 0 radical (unpaired) electrons. The fraction of sp³-hybridized carbons (Fsp3) is 0.286. The second-order valence-corrected chi connectivity index (χ2v) is 6.72. The second-order valence-electron chi connectivity index (χ2n) is 6.72.